The van der Waals surface area contributed by atoms with Crippen molar-refractivity contribution in [3.8, 4) is 28.6 Å². The maximum Gasteiger partial charge on any atom is 0.258 e. The highest BCUT2D eigenvalue weighted by molar-refractivity contribution is 5.79. The lowest BCUT2D eigenvalue weighted by Crippen LogP contribution is -2.32. The highest BCUT2D eigenvalue weighted by atomic mass is 16.5. The molecule has 2 aromatic heterocycles. The second kappa shape index (κ2) is 9.01. The van der Waals surface area contributed by atoms with Crippen molar-refractivity contribution < 1.29 is 14.1 Å². The van der Waals surface area contributed by atoms with Gasteiger partial charge in [-0.3, -0.25) is 9.78 Å². The summed E-state index contributed by atoms with van der Waals surface area (Å²) < 4.78 is 11.5. The first-order chi connectivity index (χ1) is 15.7. The van der Waals surface area contributed by atoms with Crippen LogP contribution in [-0.4, -0.2) is 45.1 Å². The Morgan fingerprint density at radius 3 is 2.66 bits per heavy atom. The van der Waals surface area contributed by atoms with E-state index in [2.05, 4.69) is 15.1 Å². The maximum absolute atomic E-state index is 12.5. The van der Waals surface area contributed by atoms with Gasteiger partial charge in [-0.25, -0.2) is 0 Å². The largest absolute Gasteiger partial charge is 0.489 e. The predicted molar refractivity (Wildman–Crippen MR) is 119 cm³/mol. The molecule has 1 fully saturated rings. The number of carbonyl (C=O) groups is 1. The lowest BCUT2D eigenvalue weighted by molar-refractivity contribution is -0.129. The van der Waals surface area contributed by atoms with Gasteiger partial charge in [0.05, 0.1) is 13.0 Å². The van der Waals surface area contributed by atoms with E-state index in [1.165, 1.54) is 0 Å². The lowest BCUT2D eigenvalue weighted by Gasteiger charge is -2.17. The summed E-state index contributed by atoms with van der Waals surface area (Å²) in [5, 5.41) is 4.08. The Balaban J connectivity index is 1.18. The van der Waals surface area contributed by atoms with Crippen molar-refractivity contribution in [3.63, 3.8) is 0 Å². The average molecular weight is 426 g/mol. The number of pyridine rings is 1. The van der Waals surface area contributed by atoms with E-state index in [9.17, 15) is 4.79 Å². The molecule has 0 bridgehead atoms. The van der Waals surface area contributed by atoms with E-state index in [1.807, 2.05) is 71.6 Å². The molecule has 1 unspecified atom stereocenters. The number of amides is 1. The van der Waals surface area contributed by atoms with Gasteiger partial charge in [0.15, 0.2) is 0 Å². The van der Waals surface area contributed by atoms with Crippen LogP contribution in [0.5, 0.6) is 5.75 Å². The van der Waals surface area contributed by atoms with E-state index in [0.29, 0.717) is 31.2 Å². The topological polar surface area (TPSA) is 81.4 Å². The summed E-state index contributed by atoms with van der Waals surface area (Å²) in [5.74, 6) is 1.88. The first-order valence-electron chi connectivity index (χ1n) is 10.6. The molecule has 1 aliphatic rings. The van der Waals surface area contributed by atoms with E-state index in [4.69, 9.17) is 9.26 Å². The monoisotopic (exact) mass is 426 g/mol. The number of aromatic nitrogens is 3. The Morgan fingerprint density at radius 1 is 1.03 bits per heavy atom. The van der Waals surface area contributed by atoms with Gasteiger partial charge in [-0.05, 0) is 48.0 Å². The standard InChI is InChI=1S/C25H22N4O3/c30-23(15-18-5-4-13-26-16-18)29-14-12-22(17-29)31-21-10-8-19(9-11-21)24-27-25(32-28-24)20-6-2-1-3-7-20/h1-11,13,16,22H,12,14-15,17H2. The van der Waals surface area contributed by atoms with Crippen LogP contribution in [0.15, 0.2) is 83.6 Å². The van der Waals surface area contributed by atoms with Crippen molar-refractivity contribution in [2.75, 3.05) is 13.1 Å². The Kier molecular flexibility index (Phi) is 5.61. The van der Waals surface area contributed by atoms with E-state index < -0.39 is 0 Å². The van der Waals surface area contributed by atoms with Gasteiger partial charge < -0.3 is 14.2 Å². The zero-order valence-electron chi connectivity index (χ0n) is 17.4. The number of likely N-dealkylation sites (tertiary alicyclic amines) is 1. The van der Waals surface area contributed by atoms with Crippen LogP contribution in [0.3, 0.4) is 0 Å². The summed E-state index contributed by atoms with van der Waals surface area (Å²) >= 11 is 0. The normalized spacial score (nSPS) is 15.6. The van der Waals surface area contributed by atoms with Crippen LogP contribution in [0, 0.1) is 0 Å². The summed E-state index contributed by atoms with van der Waals surface area (Å²) in [6.45, 7) is 1.29. The molecule has 1 atom stereocenters. The Labute approximate surface area is 185 Å². The van der Waals surface area contributed by atoms with Crippen LogP contribution in [0.4, 0.5) is 0 Å². The Hall–Kier alpha value is -4.00. The summed E-state index contributed by atoms with van der Waals surface area (Å²) in [4.78, 5) is 22.9. The molecule has 1 aliphatic heterocycles. The fourth-order valence-electron chi connectivity index (χ4n) is 3.75. The first kappa shape index (κ1) is 19.9. The highest BCUT2D eigenvalue weighted by Gasteiger charge is 2.27. The Bertz CT molecular complexity index is 1180. The molecule has 7 heteroatoms. The third-order valence-corrected chi connectivity index (χ3v) is 5.44. The van der Waals surface area contributed by atoms with Crippen molar-refractivity contribution in [2.24, 2.45) is 0 Å². The third-order valence-electron chi connectivity index (χ3n) is 5.44. The molecule has 5 rings (SSSR count). The SMILES string of the molecule is O=C(Cc1cccnc1)N1CCC(Oc2ccc(-c3noc(-c4ccccc4)n3)cc2)C1. The number of hydrogen-bond acceptors (Lipinski definition) is 6. The molecular formula is C25H22N4O3. The number of ether oxygens (including phenoxy) is 1. The second-order valence-corrected chi connectivity index (χ2v) is 7.72. The molecule has 0 spiro atoms. The van der Waals surface area contributed by atoms with Gasteiger partial charge in [0, 0.05) is 36.5 Å². The van der Waals surface area contributed by atoms with Crippen molar-refractivity contribution in [3.05, 3.63) is 84.7 Å². The van der Waals surface area contributed by atoms with Gasteiger partial charge in [-0.15, -0.1) is 0 Å². The fourth-order valence-corrected chi connectivity index (χ4v) is 3.75. The third kappa shape index (κ3) is 4.51. The molecule has 4 aromatic rings. The zero-order chi connectivity index (χ0) is 21.8. The van der Waals surface area contributed by atoms with Gasteiger partial charge in [0.25, 0.3) is 5.89 Å². The zero-order valence-corrected chi connectivity index (χ0v) is 17.4. The minimum atomic E-state index is -0.0199. The molecule has 160 valence electrons. The van der Waals surface area contributed by atoms with Crippen LogP contribution in [-0.2, 0) is 11.2 Å². The molecular weight excluding hydrogens is 404 g/mol. The molecule has 0 aliphatic carbocycles. The van der Waals surface area contributed by atoms with Gasteiger partial charge in [-0.1, -0.05) is 29.4 Å². The van der Waals surface area contributed by atoms with Crippen LogP contribution in [0.1, 0.15) is 12.0 Å². The van der Waals surface area contributed by atoms with E-state index in [0.717, 1.165) is 28.9 Å². The smallest absolute Gasteiger partial charge is 0.258 e. The van der Waals surface area contributed by atoms with Crippen LogP contribution in [0.2, 0.25) is 0 Å². The van der Waals surface area contributed by atoms with E-state index >= 15 is 0 Å². The average Bonchev–Trinajstić information content (AvgIpc) is 3.51. The minimum absolute atomic E-state index is 0.0199. The molecule has 2 aromatic carbocycles. The molecule has 0 saturated carbocycles. The Morgan fingerprint density at radius 2 is 1.88 bits per heavy atom. The van der Waals surface area contributed by atoms with Gasteiger partial charge >= 0.3 is 0 Å². The number of benzene rings is 2. The second-order valence-electron chi connectivity index (χ2n) is 7.72. The molecule has 1 amide bonds. The van der Waals surface area contributed by atoms with Gasteiger partial charge in [0.1, 0.15) is 11.9 Å². The van der Waals surface area contributed by atoms with Crippen molar-refractivity contribution in [1.82, 2.24) is 20.0 Å². The molecule has 0 N–H and O–H groups in total. The van der Waals surface area contributed by atoms with E-state index in [-0.39, 0.29) is 12.0 Å². The summed E-state index contributed by atoms with van der Waals surface area (Å²) in [6, 6.07) is 21.1. The summed E-state index contributed by atoms with van der Waals surface area (Å²) in [5.41, 5.74) is 2.66. The number of hydrogen-bond donors (Lipinski definition) is 0. The summed E-state index contributed by atoms with van der Waals surface area (Å²) in [7, 11) is 0. The number of nitrogens with zero attached hydrogens (tertiary/aromatic N) is 4. The van der Waals surface area contributed by atoms with Crippen LogP contribution in [0.25, 0.3) is 22.8 Å². The molecule has 7 nitrogen and oxygen atoms in total. The highest BCUT2D eigenvalue weighted by Crippen LogP contribution is 2.25. The van der Waals surface area contributed by atoms with Gasteiger partial charge in [-0.2, -0.15) is 4.98 Å². The van der Waals surface area contributed by atoms with Crippen molar-refractivity contribution >= 4 is 5.91 Å². The minimum Gasteiger partial charge on any atom is -0.489 e. The molecule has 1 saturated heterocycles. The quantitative estimate of drug-likeness (QED) is 0.463. The van der Waals surface area contributed by atoms with E-state index in [1.54, 1.807) is 12.4 Å². The lowest BCUT2D eigenvalue weighted by atomic mass is 10.2. The van der Waals surface area contributed by atoms with Crippen molar-refractivity contribution in [1.29, 1.82) is 0 Å². The van der Waals surface area contributed by atoms with Crippen molar-refractivity contribution in [2.45, 2.75) is 18.9 Å². The maximum atomic E-state index is 12.5. The molecule has 3 heterocycles. The predicted octanol–water partition coefficient (Wildman–Crippen LogP) is 4.02. The first-order valence-corrected chi connectivity index (χ1v) is 10.6. The summed E-state index contributed by atoms with van der Waals surface area (Å²) in [6.07, 6.45) is 4.60. The molecule has 0 radical (unpaired) electrons. The molecule has 32 heavy (non-hydrogen) atoms. The number of carbonyl (C=O) groups excluding carboxylic acids is 1. The van der Waals surface area contributed by atoms with Gasteiger partial charge in [0.2, 0.25) is 11.7 Å². The van der Waals surface area contributed by atoms with Crippen LogP contribution < -0.4 is 4.74 Å². The fraction of sp³-hybridized carbons (Fsp3) is 0.200. The van der Waals surface area contributed by atoms with Crippen LogP contribution >= 0.6 is 0 Å². The number of rotatable bonds is 6.